The van der Waals surface area contributed by atoms with E-state index < -0.39 is 27.2 Å². The molecular weight excluding hydrogens is 366 g/mol. The van der Waals surface area contributed by atoms with Crippen LogP contribution in [0.1, 0.15) is 75.2 Å². The summed E-state index contributed by atoms with van der Waals surface area (Å²) in [4.78, 5) is 35.2. The highest BCUT2D eigenvalue weighted by atomic mass is 16.6. The van der Waals surface area contributed by atoms with E-state index in [1.165, 1.54) is 4.90 Å². The Bertz CT molecular complexity index is 716. The van der Waals surface area contributed by atoms with Crippen molar-refractivity contribution < 1.29 is 19.7 Å². The van der Waals surface area contributed by atoms with Gasteiger partial charge in [-0.15, -0.1) is 0 Å². The highest BCUT2D eigenvalue weighted by molar-refractivity contribution is 5.95. The van der Waals surface area contributed by atoms with Gasteiger partial charge in [0.2, 0.25) is 0 Å². The molecule has 1 N–H and O–H groups in total. The fraction of sp³-hybridized carbons (Fsp3) is 0.632. The number of nitrogens with zero attached hydrogens (tertiary/aromatic N) is 3. The standard InChI is InChI=1S/C19H29N3O6/c1-4-7-8-9-10-11-12-14-15(19(23)24)13-16(21(25)26)18(17(14)22(27)28)20(5-2)6-3/h13H,4-12H2,1-3H3,(H,23,24). The van der Waals surface area contributed by atoms with Crippen molar-refractivity contribution in [1.82, 2.24) is 0 Å². The van der Waals surface area contributed by atoms with E-state index in [2.05, 4.69) is 6.92 Å². The Hall–Kier alpha value is -2.71. The van der Waals surface area contributed by atoms with Gasteiger partial charge in [0.15, 0.2) is 5.69 Å². The molecule has 0 aliphatic carbocycles. The summed E-state index contributed by atoms with van der Waals surface area (Å²) in [5, 5.41) is 32.9. The van der Waals surface area contributed by atoms with Crippen molar-refractivity contribution in [2.75, 3.05) is 18.0 Å². The van der Waals surface area contributed by atoms with E-state index >= 15 is 0 Å². The summed E-state index contributed by atoms with van der Waals surface area (Å²) < 4.78 is 0. The minimum absolute atomic E-state index is 0.0699. The van der Waals surface area contributed by atoms with E-state index in [1.807, 2.05) is 0 Å². The average Bonchev–Trinajstić information content (AvgIpc) is 2.64. The molecular formula is C19H29N3O6. The maximum atomic E-state index is 11.9. The van der Waals surface area contributed by atoms with Gasteiger partial charge >= 0.3 is 17.3 Å². The van der Waals surface area contributed by atoms with Gasteiger partial charge in [-0.25, -0.2) is 4.79 Å². The molecule has 1 aromatic rings. The Morgan fingerprint density at radius 2 is 1.57 bits per heavy atom. The second-order valence-electron chi connectivity index (χ2n) is 6.63. The monoisotopic (exact) mass is 395 g/mol. The molecule has 0 radical (unpaired) electrons. The number of anilines is 1. The van der Waals surface area contributed by atoms with Crippen LogP contribution in [-0.4, -0.2) is 34.0 Å². The molecule has 0 fully saturated rings. The van der Waals surface area contributed by atoms with Crippen LogP contribution in [0.3, 0.4) is 0 Å². The van der Waals surface area contributed by atoms with Gasteiger partial charge in [0.05, 0.1) is 15.4 Å². The number of nitro benzene ring substituents is 2. The van der Waals surface area contributed by atoms with Gasteiger partial charge in [0, 0.05) is 24.7 Å². The fourth-order valence-corrected chi connectivity index (χ4v) is 3.40. The number of hydrogen-bond acceptors (Lipinski definition) is 6. The smallest absolute Gasteiger partial charge is 0.336 e. The largest absolute Gasteiger partial charge is 0.478 e. The van der Waals surface area contributed by atoms with Crippen molar-refractivity contribution in [3.05, 3.63) is 37.4 Å². The third-order valence-corrected chi connectivity index (χ3v) is 4.83. The summed E-state index contributed by atoms with van der Waals surface area (Å²) >= 11 is 0. The lowest BCUT2D eigenvalue weighted by atomic mass is 9.96. The molecule has 0 aromatic heterocycles. The van der Waals surface area contributed by atoms with Crippen molar-refractivity contribution in [3.63, 3.8) is 0 Å². The second-order valence-corrected chi connectivity index (χ2v) is 6.63. The molecule has 9 nitrogen and oxygen atoms in total. The minimum Gasteiger partial charge on any atom is -0.478 e. The Balaban J connectivity index is 3.48. The Morgan fingerprint density at radius 3 is 2.04 bits per heavy atom. The van der Waals surface area contributed by atoms with Gasteiger partial charge in [0.25, 0.3) is 0 Å². The van der Waals surface area contributed by atoms with Crippen LogP contribution >= 0.6 is 0 Å². The van der Waals surface area contributed by atoms with E-state index in [0.717, 1.165) is 38.2 Å². The van der Waals surface area contributed by atoms with Gasteiger partial charge in [-0.2, -0.15) is 0 Å². The molecule has 0 aliphatic rings. The van der Waals surface area contributed by atoms with Crippen LogP contribution in [0.15, 0.2) is 6.07 Å². The minimum atomic E-state index is -1.39. The lowest BCUT2D eigenvalue weighted by Gasteiger charge is -2.22. The van der Waals surface area contributed by atoms with Gasteiger partial charge in [0.1, 0.15) is 0 Å². The zero-order valence-electron chi connectivity index (χ0n) is 16.8. The normalized spacial score (nSPS) is 10.7. The first-order valence-corrected chi connectivity index (χ1v) is 9.76. The number of rotatable bonds is 13. The zero-order chi connectivity index (χ0) is 21.3. The SMILES string of the molecule is CCCCCCCCc1c(C(=O)O)cc([N+](=O)[O-])c(N(CC)CC)c1[N+](=O)[O-]. The number of carbonyl (C=O) groups is 1. The second kappa shape index (κ2) is 11.2. The third kappa shape index (κ3) is 5.64. The first-order valence-electron chi connectivity index (χ1n) is 9.76. The lowest BCUT2D eigenvalue weighted by molar-refractivity contribution is -0.393. The summed E-state index contributed by atoms with van der Waals surface area (Å²) in [7, 11) is 0. The molecule has 1 rings (SSSR count). The van der Waals surface area contributed by atoms with E-state index in [1.54, 1.807) is 13.8 Å². The van der Waals surface area contributed by atoms with Crippen molar-refractivity contribution in [1.29, 1.82) is 0 Å². The summed E-state index contributed by atoms with van der Waals surface area (Å²) in [6.07, 6.45) is 5.88. The number of carboxylic acids is 1. The number of carboxylic acid groups (broad SMARTS) is 1. The lowest BCUT2D eigenvalue weighted by Crippen LogP contribution is -2.25. The summed E-state index contributed by atoms with van der Waals surface area (Å²) in [5.41, 5.74) is -1.39. The number of nitro groups is 2. The first kappa shape index (κ1) is 23.3. The van der Waals surface area contributed by atoms with Crippen molar-refractivity contribution in [3.8, 4) is 0 Å². The van der Waals surface area contributed by atoms with Crippen LogP contribution in [0.5, 0.6) is 0 Å². The van der Waals surface area contributed by atoms with Crippen LogP contribution in [0.4, 0.5) is 17.1 Å². The topological polar surface area (TPSA) is 127 Å². The number of aromatic carboxylic acids is 1. The first-order chi connectivity index (χ1) is 13.3. The molecule has 28 heavy (non-hydrogen) atoms. The highest BCUT2D eigenvalue weighted by Gasteiger charge is 2.36. The Labute approximate surface area is 164 Å². The molecule has 0 heterocycles. The summed E-state index contributed by atoms with van der Waals surface area (Å²) in [5.74, 6) is -1.39. The molecule has 1 aromatic carbocycles. The molecule has 0 saturated carbocycles. The Morgan fingerprint density at radius 1 is 1.00 bits per heavy atom. The van der Waals surface area contributed by atoms with E-state index in [-0.39, 0.29) is 23.2 Å². The van der Waals surface area contributed by atoms with Gasteiger partial charge in [-0.05, 0) is 26.7 Å². The zero-order valence-corrected chi connectivity index (χ0v) is 16.8. The molecule has 0 unspecified atom stereocenters. The maximum Gasteiger partial charge on any atom is 0.336 e. The van der Waals surface area contributed by atoms with E-state index in [4.69, 9.17) is 0 Å². The molecule has 0 aliphatic heterocycles. The van der Waals surface area contributed by atoms with Crippen LogP contribution in [0.25, 0.3) is 0 Å². The van der Waals surface area contributed by atoms with Gasteiger partial charge in [-0.1, -0.05) is 39.0 Å². The van der Waals surface area contributed by atoms with Crippen LogP contribution < -0.4 is 4.90 Å². The predicted octanol–water partition coefficient (Wildman–Crippen LogP) is 4.95. The number of unbranched alkanes of at least 4 members (excludes halogenated alkanes) is 5. The molecule has 0 saturated heterocycles. The maximum absolute atomic E-state index is 11.9. The van der Waals surface area contributed by atoms with E-state index in [0.29, 0.717) is 19.5 Å². The summed E-state index contributed by atoms with van der Waals surface area (Å²) in [6, 6.07) is 0.968. The van der Waals surface area contributed by atoms with Crippen molar-refractivity contribution in [2.24, 2.45) is 0 Å². The average molecular weight is 395 g/mol. The van der Waals surface area contributed by atoms with Crippen molar-refractivity contribution in [2.45, 2.75) is 65.7 Å². The number of hydrogen-bond donors (Lipinski definition) is 1. The molecule has 0 amide bonds. The molecule has 156 valence electrons. The highest BCUT2D eigenvalue weighted by Crippen LogP contribution is 2.42. The number of benzene rings is 1. The molecule has 0 spiro atoms. The van der Waals surface area contributed by atoms with Crippen LogP contribution in [-0.2, 0) is 6.42 Å². The molecule has 0 atom stereocenters. The van der Waals surface area contributed by atoms with Crippen LogP contribution in [0.2, 0.25) is 0 Å². The predicted molar refractivity (Wildman–Crippen MR) is 107 cm³/mol. The quantitative estimate of drug-likeness (QED) is 0.284. The molecule has 9 heteroatoms. The third-order valence-electron chi connectivity index (χ3n) is 4.83. The van der Waals surface area contributed by atoms with Gasteiger partial charge < -0.3 is 10.0 Å². The van der Waals surface area contributed by atoms with Gasteiger partial charge in [-0.3, -0.25) is 20.2 Å². The summed E-state index contributed by atoms with van der Waals surface area (Å²) in [6.45, 7) is 6.27. The van der Waals surface area contributed by atoms with Crippen LogP contribution in [0, 0.1) is 20.2 Å². The van der Waals surface area contributed by atoms with E-state index in [9.17, 15) is 30.1 Å². The molecule has 0 bridgehead atoms. The van der Waals surface area contributed by atoms with Crippen molar-refractivity contribution >= 4 is 23.0 Å². The fourth-order valence-electron chi connectivity index (χ4n) is 3.40. The Kier molecular flexibility index (Phi) is 9.34.